The summed E-state index contributed by atoms with van der Waals surface area (Å²) >= 11 is 6.52. The van der Waals surface area contributed by atoms with Gasteiger partial charge in [0.1, 0.15) is 12.4 Å². The lowest BCUT2D eigenvalue weighted by atomic mass is 10.1. The quantitative estimate of drug-likeness (QED) is 0.336. The van der Waals surface area contributed by atoms with Gasteiger partial charge in [-0.3, -0.25) is 0 Å². The summed E-state index contributed by atoms with van der Waals surface area (Å²) in [7, 11) is 3.25. The first-order valence-electron chi connectivity index (χ1n) is 10.8. The molecule has 0 unspecified atom stereocenters. The molecule has 0 aliphatic rings. The van der Waals surface area contributed by atoms with E-state index < -0.39 is 0 Å². The molecule has 3 aromatic carbocycles. The van der Waals surface area contributed by atoms with Crippen LogP contribution in [-0.4, -0.2) is 27.4 Å². The summed E-state index contributed by atoms with van der Waals surface area (Å²) in [5.41, 5.74) is 2.92. The van der Waals surface area contributed by atoms with E-state index in [1.54, 1.807) is 32.4 Å². The van der Waals surface area contributed by atoms with Crippen LogP contribution in [0.4, 0.5) is 4.39 Å². The van der Waals surface area contributed by atoms with Crippen molar-refractivity contribution in [1.29, 1.82) is 0 Å². The Morgan fingerprint density at radius 3 is 2.21 bits per heavy atom. The Hall–Kier alpha value is -2.96. The van der Waals surface area contributed by atoms with Gasteiger partial charge in [-0.2, -0.15) is 0 Å². The van der Waals surface area contributed by atoms with E-state index in [1.165, 1.54) is 12.1 Å². The van der Waals surface area contributed by atoms with E-state index in [4.69, 9.17) is 30.5 Å². The minimum atomic E-state index is -0.278. The second-order valence-electron chi connectivity index (χ2n) is 7.35. The summed E-state index contributed by atoms with van der Waals surface area (Å²) < 4.78 is 35.4. The second kappa shape index (κ2) is 12.3. The van der Waals surface area contributed by atoms with Crippen LogP contribution in [-0.2, 0) is 19.6 Å². The van der Waals surface area contributed by atoms with Crippen molar-refractivity contribution in [3.05, 3.63) is 82.1 Å². The van der Waals surface area contributed by atoms with Crippen LogP contribution >= 0.6 is 11.6 Å². The molecule has 0 fully saturated rings. The number of nitrogens with one attached hydrogen (secondary N) is 1. The molecule has 0 heterocycles. The molecule has 33 heavy (non-hydrogen) atoms. The molecule has 3 aromatic rings. The topological polar surface area (TPSA) is 49.0 Å². The lowest BCUT2D eigenvalue weighted by molar-refractivity contribution is 0.269. The molecule has 0 saturated carbocycles. The third-order valence-electron chi connectivity index (χ3n) is 5.07. The SMILES string of the molecule is CCOc1cc(CNCCc2ccc(OC)c(OC)c2)c(Cl)cc1OCc1ccc(F)cc1. The number of ether oxygens (including phenoxy) is 4. The van der Waals surface area contributed by atoms with Crippen LogP contribution < -0.4 is 24.3 Å². The first-order chi connectivity index (χ1) is 16.0. The maximum absolute atomic E-state index is 13.1. The van der Waals surface area contributed by atoms with E-state index in [-0.39, 0.29) is 5.82 Å². The van der Waals surface area contributed by atoms with Crippen molar-refractivity contribution in [3.63, 3.8) is 0 Å². The normalized spacial score (nSPS) is 10.7. The standard InChI is InChI=1S/C26H29ClFNO4/c1-4-32-25-14-20(16-29-12-11-18-7-10-23(30-2)24(13-18)31-3)22(27)15-26(25)33-17-19-5-8-21(28)9-6-19/h5-10,13-15,29H,4,11-12,16-17H2,1-3H3. The van der Waals surface area contributed by atoms with Crippen molar-refractivity contribution in [2.75, 3.05) is 27.4 Å². The van der Waals surface area contributed by atoms with Gasteiger partial charge in [-0.05, 0) is 66.9 Å². The molecule has 1 N–H and O–H groups in total. The van der Waals surface area contributed by atoms with E-state index >= 15 is 0 Å². The van der Waals surface area contributed by atoms with Crippen molar-refractivity contribution >= 4 is 11.6 Å². The molecule has 0 saturated heterocycles. The summed E-state index contributed by atoms with van der Waals surface area (Å²) in [5, 5.41) is 4.01. The molecule has 0 aromatic heterocycles. The Labute approximate surface area is 199 Å². The van der Waals surface area contributed by atoms with E-state index in [0.29, 0.717) is 42.0 Å². The van der Waals surface area contributed by atoms with Crippen LogP contribution in [0.5, 0.6) is 23.0 Å². The number of hydrogen-bond donors (Lipinski definition) is 1. The molecule has 3 rings (SSSR count). The maximum Gasteiger partial charge on any atom is 0.163 e. The predicted octanol–water partition coefficient (Wildman–Crippen LogP) is 5.81. The molecule has 0 aliphatic carbocycles. The highest BCUT2D eigenvalue weighted by Crippen LogP contribution is 2.34. The number of halogens is 2. The molecule has 0 atom stereocenters. The molecule has 0 radical (unpaired) electrons. The zero-order chi connectivity index (χ0) is 23.6. The van der Waals surface area contributed by atoms with E-state index in [2.05, 4.69) is 5.32 Å². The number of methoxy groups -OCH3 is 2. The summed E-state index contributed by atoms with van der Waals surface area (Å²) in [6.45, 7) is 4.06. The largest absolute Gasteiger partial charge is 0.493 e. The summed E-state index contributed by atoms with van der Waals surface area (Å²) in [6, 6.07) is 15.8. The molecule has 7 heteroatoms. The van der Waals surface area contributed by atoms with Gasteiger partial charge in [0.15, 0.2) is 23.0 Å². The van der Waals surface area contributed by atoms with Gasteiger partial charge in [-0.15, -0.1) is 0 Å². The Kier molecular flexibility index (Phi) is 9.22. The van der Waals surface area contributed by atoms with Gasteiger partial charge >= 0.3 is 0 Å². The Bertz CT molecular complexity index is 1040. The lowest BCUT2D eigenvalue weighted by Crippen LogP contribution is -2.17. The van der Waals surface area contributed by atoms with Crippen LogP contribution in [0.25, 0.3) is 0 Å². The van der Waals surface area contributed by atoms with Gasteiger partial charge in [0, 0.05) is 17.6 Å². The average Bonchev–Trinajstić information content (AvgIpc) is 2.83. The van der Waals surface area contributed by atoms with Crippen LogP contribution in [0.1, 0.15) is 23.6 Å². The van der Waals surface area contributed by atoms with Crippen molar-refractivity contribution in [2.24, 2.45) is 0 Å². The van der Waals surface area contributed by atoms with Crippen LogP contribution in [0.3, 0.4) is 0 Å². The van der Waals surface area contributed by atoms with Gasteiger partial charge in [0.25, 0.3) is 0 Å². The summed E-state index contributed by atoms with van der Waals surface area (Å²) in [6.07, 6.45) is 0.829. The van der Waals surface area contributed by atoms with Crippen LogP contribution in [0.15, 0.2) is 54.6 Å². The fourth-order valence-corrected chi connectivity index (χ4v) is 3.55. The Morgan fingerprint density at radius 1 is 0.818 bits per heavy atom. The molecule has 5 nitrogen and oxygen atoms in total. The molecule has 0 spiro atoms. The van der Waals surface area contributed by atoms with Gasteiger partial charge in [-0.25, -0.2) is 4.39 Å². The monoisotopic (exact) mass is 473 g/mol. The molecule has 0 aliphatic heterocycles. The van der Waals surface area contributed by atoms with Crippen molar-refractivity contribution in [1.82, 2.24) is 5.32 Å². The van der Waals surface area contributed by atoms with E-state index in [0.717, 1.165) is 35.4 Å². The zero-order valence-corrected chi connectivity index (χ0v) is 19.9. The number of rotatable bonds is 12. The molecule has 176 valence electrons. The lowest BCUT2D eigenvalue weighted by Gasteiger charge is -2.15. The van der Waals surface area contributed by atoms with Crippen LogP contribution in [0, 0.1) is 5.82 Å². The molecule has 0 bridgehead atoms. The second-order valence-corrected chi connectivity index (χ2v) is 7.76. The maximum atomic E-state index is 13.1. The Balaban J connectivity index is 1.59. The molecular weight excluding hydrogens is 445 g/mol. The average molecular weight is 474 g/mol. The van der Waals surface area contributed by atoms with Gasteiger partial charge < -0.3 is 24.3 Å². The number of benzene rings is 3. The first kappa shape index (κ1) is 24.7. The molecular formula is C26H29ClFNO4. The highest BCUT2D eigenvalue weighted by atomic mass is 35.5. The first-order valence-corrected chi connectivity index (χ1v) is 11.2. The van der Waals surface area contributed by atoms with Crippen LogP contribution in [0.2, 0.25) is 5.02 Å². The predicted molar refractivity (Wildman–Crippen MR) is 128 cm³/mol. The van der Waals surface area contributed by atoms with Gasteiger partial charge in [0.05, 0.1) is 20.8 Å². The van der Waals surface area contributed by atoms with Crippen molar-refractivity contribution in [2.45, 2.75) is 26.5 Å². The minimum Gasteiger partial charge on any atom is -0.493 e. The van der Waals surface area contributed by atoms with E-state index in [1.807, 2.05) is 31.2 Å². The third kappa shape index (κ3) is 7.01. The highest BCUT2D eigenvalue weighted by molar-refractivity contribution is 6.31. The fourth-order valence-electron chi connectivity index (χ4n) is 3.33. The summed E-state index contributed by atoms with van der Waals surface area (Å²) in [5.74, 6) is 2.34. The highest BCUT2D eigenvalue weighted by Gasteiger charge is 2.12. The van der Waals surface area contributed by atoms with Gasteiger partial charge in [0.2, 0.25) is 0 Å². The van der Waals surface area contributed by atoms with Gasteiger partial charge in [-0.1, -0.05) is 29.8 Å². The van der Waals surface area contributed by atoms with Crippen molar-refractivity contribution in [3.8, 4) is 23.0 Å². The smallest absolute Gasteiger partial charge is 0.163 e. The summed E-state index contributed by atoms with van der Waals surface area (Å²) in [4.78, 5) is 0. The number of hydrogen-bond acceptors (Lipinski definition) is 5. The zero-order valence-electron chi connectivity index (χ0n) is 19.1. The van der Waals surface area contributed by atoms with E-state index in [9.17, 15) is 4.39 Å². The Morgan fingerprint density at radius 2 is 1.52 bits per heavy atom. The van der Waals surface area contributed by atoms with Crippen molar-refractivity contribution < 1.29 is 23.3 Å². The molecule has 0 amide bonds. The third-order valence-corrected chi connectivity index (χ3v) is 5.43. The minimum absolute atomic E-state index is 0.278. The fraction of sp³-hybridized carbons (Fsp3) is 0.308.